The van der Waals surface area contributed by atoms with E-state index in [1.807, 2.05) is 30.3 Å². The molecule has 2 rings (SSSR count). The zero-order valence-corrected chi connectivity index (χ0v) is 12.5. The fourth-order valence-electron chi connectivity index (χ4n) is 1.74. The normalized spacial score (nSPS) is 10.0. The van der Waals surface area contributed by atoms with Gasteiger partial charge in [0.25, 0.3) is 5.17 Å². The molecule has 0 bridgehead atoms. The smallest absolute Gasteiger partial charge is 0.312 e. The van der Waals surface area contributed by atoms with Crippen LogP contribution >= 0.6 is 12.2 Å². The molecule has 0 saturated heterocycles. The monoisotopic (exact) mass is 302 g/mol. The molecule has 0 amide bonds. The molecule has 0 radical (unpaired) electrons. The van der Waals surface area contributed by atoms with Gasteiger partial charge in [-0.05, 0) is 29.4 Å². The summed E-state index contributed by atoms with van der Waals surface area (Å²) in [6.07, 6.45) is 0. The van der Waals surface area contributed by atoms with Crippen LogP contribution in [-0.2, 0) is 0 Å². The Bertz CT molecular complexity index is 672. The van der Waals surface area contributed by atoms with Crippen molar-refractivity contribution in [2.75, 3.05) is 14.1 Å². The molecule has 0 aliphatic rings. The van der Waals surface area contributed by atoms with Crippen LogP contribution in [0.2, 0.25) is 0 Å². The third-order valence-corrected chi connectivity index (χ3v) is 3.27. The maximum absolute atomic E-state index is 11.2. The Morgan fingerprint density at radius 3 is 2.38 bits per heavy atom. The van der Waals surface area contributed by atoms with Gasteiger partial charge in [0.2, 0.25) is 5.75 Å². The molecule has 2 aromatic carbocycles. The van der Waals surface area contributed by atoms with E-state index in [2.05, 4.69) is 0 Å². The fourth-order valence-corrected chi connectivity index (χ4v) is 1.83. The molecule has 0 fully saturated rings. The van der Waals surface area contributed by atoms with Crippen molar-refractivity contribution in [2.24, 2.45) is 0 Å². The van der Waals surface area contributed by atoms with Crippen LogP contribution in [-0.4, -0.2) is 29.1 Å². The largest absolute Gasteiger partial charge is 0.424 e. The molecule has 108 valence electrons. The summed E-state index contributed by atoms with van der Waals surface area (Å²) < 4.78 is 5.37. The highest BCUT2D eigenvalue weighted by atomic mass is 32.1. The molecular weight excluding hydrogens is 288 g/mol. The van der Waals surface area contributed by atoms with E-state index >= 15 is 0 Å². The van der Waals surface area contributed by atoms with Crippen LogP contribution in [0.4, 0.5) is 5.69 Å². The van der Waals surface area contributed by atoms with Gasteiger partial charge in [0, 0.05) is 20.2 Å². The number of nitro groups is 1. The molecule has 0 aliphatic heterocycles. The molecule has 2 aromatic rings. The fraction of sp³-hybridized carbons (Fsp3) is 0.133. The lowest BCUT2D eigenvalue weighted by Crippen LogP contribution is -2.25. The Morgan fingerprint density at radius 1 is 1.14 bits per heavy atom. The number of hydrogen-bond acceptors (Lipinski definition) is 4. The lowest BCUT2D eigenvalue weighted by atomic mass is 10.1. The van der Waals surface area contributed by atoms with Crippen LogP contribution in [0.3, 0.4) is 0 Å². The van der Waals surface area contributed by atoms with Crippen molar-refractivity contribution in [1.82, 2.24) is 4.90 Å². The number of ether oxygens (including phenoxy) is 1. The van der Waals surface area contributed by atoms with E-state index in [1.54, 1.807) is 31.1 Å². The van der Waals surface area contributed by atoms with E-state index < -0.39 is 4.92 Å². The van der Waals surface area contributed by atoms with Gasteiger partial charge in [-0.2, -0.15) is 0 Å². The second-order valence-electron chi connectivity index (χ2n) is 4.57. The Hall–Kier alpha value is -2.47. The van der Waals surface area contributed by atoms with Gasteiger partial charge in [-0.25, -0.2) is 0 Å². The summed E-state index contributed by atoms with van der Waals surface area (Å²) in [6.45, 7) is 0. The quantitative estimate of drug-likeness (QED) is 0.493. The molecule has 0 N–H and O–H groups in total. The number of rotatable bonds is 3. The Morgan fingerprint density at radius 2 is 1.81 bits per heavy atom. The molecule has 0 aliphatic carbocycles. The van der Waals surface area contributed by atoms with Crippen molar-refractivity contribution in [1.29, 1.82) is 0 Å². The van der Waals surface area contributed by atoms with Crippen molar-refractivity contribution in [3.05, 3.63) is 58.6 Å². The first-order valence-corrected chi connectivity index (χ1v) is 6.63. The van der Waals surface area contributed by atoms with Gasteiger partial charge in [0.1, 0.15) is 0 Å². The van der Waals surface area contributed by atoms with Gasteiger partial charge >= 0.3 is 5.69 Å². The van der Waals surface area contributed by atoms with E-state index in [0.717, 1.165) is 11.1 Å². The Labute approximate surface area is 127 Å². The molecule has 0 spiro atoms. The highest BCUT2D eigenvalue weighted by Gasteiger charge is 2.18. The number of nitrogens with zero attached hydrogens (tertiary/aromatic N) is 2. The predicted octanol–water partition coefficient (Wildman–Crippen LogP) is 3.49. The van der Waals surface area contributed by atoms with Crippen molar-refractivity contribution in [3.63, 3.8) is 0 Å². The molecule has 0 atom stereocenters. The average Bonchev–Trinajstić information content (AvgIpc) is 2.48. The van der Waals surface area contributed by atoms with Gasteiger partial charge in [0.15, 0.2) is 0 Å². The molecule has 6 heteroatoms. The van der Waals surface area contributed by atoms with Gasteiger partial charge in [-0.3, -0.25) is 10.1 Å². The van der Waals surface area contributed by atoms with Crippen molar-refractivity contribution in [3.8, 4) is 16.9 Å². The summed E-state index contributed by atoms with van der Waals surface area (Å²) >= 11 is 5.01. The summed E-state index contributed by atoms with van der Waals surface area (Å²) in [7, 11) is 3.43. The van der Waals surface area contributed by atoms with Crippen molar-refractivity contribution >= 4 is 23.1 Å². The lowest BCUT2D eigenvalue weighted by molar-refractivity contribution is -0.385. The van der Waals surface area contributed by atoms with Crippen LogP contribution < -0.4 is 4.74 Å². The molecule has 0 aromatic heterocycles. The van der Waals surface area contributed by atoms with Crippen molar-refractivity contribution in [2.45, 2.75) is 0 Å². The minimum atomic E-state index is -0.472. The number of nitro benzene ring substituents is 1. The summed E-state index contributed by atoms with van der Waals surface area (Å²) in [5.41, 5.74) is 1.55. The molecule has 0 heterocycles. The zero-order chi connectivity index (χ0) is 15.4. The van der Waals surface area contributed by atoms with Gasteiger partial charge < -0.3 is 9.64 Å². The van der Waals surface area contributed by atoms with E-state index in [9.17, 15) is 10.1 Å². The van der Waals surface area contributed by atoms with Crippen LogP contribution in [0.15, 0.2) is 48.5 Å². The second kappa shape index (κ2) is 6.32. The SMILES string of the molecule is CN(C)C(=S)Oc1ccc(-c2ccccc2)cc1[N+](=O)[O-]. The topological polar surface area (TPSA) is 55.6 Å². The number of benzene rings is 2. The summed E-state index contributed by atoms with van der Waals surface area (Å²) in [6, 6.07) is 14.3. The molecule has 0 saturated carbocycles. The number of thiocarbonyl (C=S) groups is 1. The standard InChI is InChI=1S/C15H14N2O3S/c1-16(2)15(21)20-14-9-8-12(10-13(14)17(18)19)11-6-4-3-5-7-11/h3-10H,1-2H3. The van der Waals surface area contributed by atoms with Crippen LogP contribution in [0, 0.1) is 10.1 Å². The van der Waals surface area contributed by atoms with E-state index in [1.165, 1.54) is 6.07 Å². The second-order valence-corrected chi connectivity index (χ2v) is 4.92. The van der Waals surface area contributed by atoms with E-state index in [-0.39, 0.29) is 16.6 Å². The summed E-state index contributed by atoms with van der Waals surface area (Å²) in [5, 5.41) is 11.4. The van der Waals surface area contributed by atoms with Crippen LogP contribution in [0.25, 0.3) is 11.1 Å². The first-order valence-electron chi connectivity index (χ1n) is 6.22. The number of hydrogen-bond donors (Lipinski definition) is 0. The summed E-state index contributed by atoms with van der Waals surface area (Å²) in [4.78, 5) is 12.3. The zero-order valence-electron chi connectivity index (χ0n) is 11.6. The Balaban J connectivity index is 2.41. The van der Waals surface area contributed by atoms with Crippen LogP contribution in [0.5, 0.6) is 5.75 Å². The maximum atomic E-state index is 11.2. The molecule has 0 unspecified atom stereocenters. The van der Waals surface area contributed by atoms with Crippen LogP contribution in [0.1, 0.15) is 0 Å². The van der Waals surface area contributed by atoms with E-state index in [0.29, 0.717) is 0 Å². The molecular formula is C15H14N2O3S. The van der Waals surface area contributed by atoms with Crippen molar-refractivity contribution < 1.29 is 9.66 Å². The molecule has 5 nitrogen and oxygen atoms in total. The summed E-state index contributed by atoms with van der Waals surface area (Å²) in [5.74, 6) is 0.137. The first kappa shape index (κ1) is 14.9. The van der Waals surface area contributed by atoms with Gasteiger partial charge in [0.05, 0.1) is 4.92 Å². The minimum Gasteiger partial charge on any atom is -0.424 e. The predicted molar refractivity (Wildman–Crippen MR) is 85.4 cm³/mol. The third kappa shape index (κ3) is 3.55. The average molecular weight is 302 g/mol. The Kier molecular flexibility index (Phi) is 4.49. The highest BCUT2D eigenvalue weighted by Crippen LogP contribution is 2.32. The highest BCUT2D eigenvalue weighted by molar-refractivity contribution is 7.80. The van der Waals surface area contributed by atoms with Gasteiger partial charge in [-0.1, -0.05) is 36.4 Å². The third-order valence-electron chi connectivity index (χ3n) is 2.83. The minimum absolute atomic E-state index is 0.111. The lowest BCUT2D eigenvalue weighted by Gasteiger charge is -2.14. The first-order chi connectivity index (χ1) is 9.99. The van der Waals surface area contributed by atoms with Gasteiger partial charge in [-0.15, -0.1) is 0 Å². The maximum Gasteiger partial charge on any atom is 0.312 e. The molecule has 21 heavy (non-hydrogen) atoms. The van der Waals surface area contributed by atoms with E-state index in [4.69, 9.17) is 17.0 Å².